The Morgan fingerprint density at radius 1 is 0.182 bits per heavy atom. The van der Waals surface area contributed by atoms with Crippen molar-refractivity contribution in [1.29, 1.82) is 0 Å². The maximum absolute atomic E-state index is 2.47. The second-order valence-corrected chi connectivity index (χ2v) is 40.0. The number of hydrogen-bond donors (Lipinski definition) is 0. The Kier molecular flexibility index (Phi) is 23.8. The molecule has 0 amide bonds. The minimum atomic E-state index is -0.544. The number of fused-ring (bicyclic) bond motifs is 12. The van der Waals surface area contributed by atoms with Gasteiger partial charge in [-0.25, -0.2) is 0 Å². The first-order valence-corrected chi connectivity index (χ1v) is 52.4. The van der Waals surface area contributed by atoms with Crippen molar-refractivity contribution in [2.24, 2.45) is 0 Å². The largest absolute Gasteiger partial charge is 0.310 e. The van der Waals surface area contributed by atoms with Gasteiger partial charge in [-0.2, -0.15) is 0 Å². The molecule has 0 fully saturated rings. The average molecular weight is 1900 g/mol. The molecule has 0 saturated carbocycles. The average Bonchev–Trinajstić information content (AvgIpc) is 1.53. The molecule has 0 N–H and O–H groups in total. The second-order valence-electron chi connectivity index (χ2n) is 40.0. The van der Waals surface area contributed by atoms with Gasteiger partial charge in [0.15, 0.2) is 0 Å². The van der Waals surface area contributed by atoms with Crippen LogP contribution < -0.4 is 9.80 Å². The van der Waals surface area contributed by atoms with Crippen molar-refractivity contribution >= 4 is 77.7 Å². The van der Waals surface area contributed by atoms with Crippen molar-refractivity contribution in [1.82, 2.24) is 9.13 Å². The highest BCUT2D eigenvalue weighted by atomic mass is 15.2. The fourth-order valence-corrected chi connectivity index (χ4v) is 23.8. The number of aromatic nitrogens is 2. The minimum absolute atomic E-state index is 0.130. The Labute approximate surface area is 868 Å². The Hall–Kier alpha value is -18.0. The highest BCUT2D eigenvalue weighted by Crippen LogP contribution is 2.59. The number of benzene rings is 22. The molecule has 2 aromatic heterocycles. The number of hydrogen-bond acceptors (Lipinski definition) is 2. The molecule has 0 radical (unpaired) electrons. The molecule has 22 aromatic carbocycles. The normalized spacial score (nSPS) is 12.5. The van der Waals surface area contributed by atoms with Crippen LogP contribution in [0.5, 0.6) is 0 Å². The molecule has 0 bridgehead atoms. The molecule has 24 aromatic rings. The third kappa shape index (κ3) is 16.1. The van der Waals surface area contributed by atoms with E-state index in [9.17, 15) is 0 Å². The predicted molar refractivity (Wildman–Crippen MR) is 627 cm³/mol. The Balaban J connectivity index is 0.000000155. The monoisotopic (exact) mass is 1900 g/mol. The number of aryl methyl sites for hydroxylation is 4. The van der Waals surface area contributed by atoms with Crippen LogP contribution in [0.2, 0.25) is 0 Å². The number of anilines is 6. The summed E-state index contributed by atoms with van der Waals surface area (Å²) < 4.78 is 4.85. The second kappa shape index (κ2) is 38.6. The van der Waals surface area contributed by atoms with Crippen LogP contribution >= 0.6 is 0 Å². The molecule has 2 aliphatic carbocycles. The van der Waals surface area contributed by atoms with Crippen molar-refractivity contribution in [3.63, 3.8) is 0 Å². The summed E-state index contributed by atoms with van der Waals surface area (Å²) in [6.07, 6.45) is 4.09. The maximum atomic E-state index is 2.47. The summed E-state index contributed by atoms with van der Waals surface area (Å²) in [6.45, 7) is 13.7. The highest BCUT2D eigenvalue weighted by molar-refractivity contribution is 6.12. The van der Waals surface area contributed by atoms with Crippen LogP contribution in [-0.4, -0.2) is 9.13 Å². The number of nitrogens with zero attached hydrogens (tertiary/aromatic N) is 4. The van der Waals surface area contributed by atoms with Gasteiger partial charge >= 0.3 is 0 Å². The topological polar surface area (TPSA) is 16.3 Å². The summed E-state index contributed by atoms with van der Waals surface area (Å²) in [4.78, 5) is 4.93. The fourth-order valence-electron chi connectivity index (χ4n) is 23.8. The molecule has 2 heterocycles. The number of para-hydroxylation sites is 2. The van der Waals surface area contributed by atoms with Gasteiger partial charge in [0.2, 0.25) is 0 Å². The van der Waals surface area contributed by atoms with Crippen molar-refractivity contribution in [2.75, 3.05) is 9.80 Å². The third-order valence-electron chi connectivity index (χ3n) is 31.4. The summed E-state index contributed by atoms with van der Waals surface area (Å²) in [5.41, 5.74) is 50.7. The molecular formula is C144H112N4. The van der Waals surface area contributed by atoms with Gasteiger partial charge < -0.3 is 18.9 Å². The van der Waals surface area contributed by atoms with Crippen molar-refractivity contribution in [3.05, 3.63) is 577 Å². The SMILES string of the molecule is CCc1ccc2c(c1)c1cc(CC)ccc1n2-c1ccc(-c2ccc(-c3ccc(N(c4ccc5c(c4)C(C)(C)c4ccccc4-5)c4ccccc4-c4ccccc4-c4ccccc4)cc3)cc2)cc1.CCc1ccc2c(c1)c1cc(CC)ccc1n2-c1ccc(-c2ccc(-c3ccc(N(c4ccc5c(c4)C(c4ccccc4)(c4ccccc4)c4ccccc4-5)c4ccccc4-c4ccccc4-c4ccccc4)cc3)cc2)cc1. The molecule has 0 unspecified atom stereocenters. The van der Waals surface area contributed by atoms with Gasteiger partial charge in [-0.3, -0.25) is 0 Å². The van der Waals surface area contributed by atoms with Gasteiger partial charge in [-0.1, -0.05) is 430 Å². The molecule has 4 nitrogen and oxygen atoms in total. The van der Waals surface area contributed by atoms with E-state index < -0.39 is 5.41 Å². The zero-order chi connectivity index (χ0) is 99.5. The van der Waals surface area contributed by atoms with Gasteiger partial charge in [0.05, 0.1) is 38.9 Å². The van der Waals surface area contributed by atoms with E-state index in [1.54, 1.807) is 0 Å². The first kappa shape index (κ1) is 91.3. The Morgan fingerprint density at radius 2 is 0.439 bits per heavy atom. The molecular weight excluding hydrogens is 1790 g/mol. The smallest absolute Gasteiger partial charge is 0.0714 e. The molecule has 2 aliphatic rings. The molecule has 708 valence electrons. The van der Waals surface area contributed by atoms with Crippen molar-refractivity contribution in [3.8, 4) is 123 Å². The zero-order valence-corrected chi connectivity index (χ0v) is 84.3. The van der Waals surface area contributed by atoms with Crippen LogP contribution in [-0.2, 0) is 36.5 Å². The molecule has 0 aliphatic heterocycles. The van der Waals surface area contributed by atoms with Crippen LogP contribution in [0.15, 0.2) is 522 Å². The number of rotatable bonds is 22. The quantitative estimate of drug-likeness (QED) is 0.0672. The Morgan fingerprint density at radius 3 is 0.791 bits per heavy atom. The van der Waals surface area contributed by atoms with Crippen LogP contribution in [0.1, 0.15) is 97.2 Å². The fraction of sp³-hybridized carbons (Fsp3) is 0.0833. The standard InChI is InChI=1S/C77H58N2.C67H54N2/c1-3-53-32-48-75-70(50-53)71-51-54(4-2)33-49-76(71)79(75)63-44-40-58(41-45-63)56-36-34-55(35-37-56)57-38-42-62(43-39-57)78(74-31-19-17-29-69(74)66-27-15-14-26-65(66)59-20-8-5-9-21-59)64-46-47-68-67-28-16-18-30-72(67)77(73(68)52-64,60-22-10-6-11-23-60)61-24-12-7-13-25-61;1-5-45-24-40-65-60(42-45)61-43-46(6-2)25-41-66(61)69(65)53-36-32-50(33-37-53)48-28-26-47(27-29-48)49-30-34-52(35-31-49)68(54-38-39-58-57-20-12-14-22-62(57)67(3,4)63(58)44-54)64-23-15-13-21-59(64)56-19-11-10-18-55(56)51-16-8-7-9-17-51/h5-52H,3-4H2,1-2H3;7-44H,5-6H2,1-4H3. The predicted octanol–water partition coefficient (Wildman–Crippen LogP) is 38.8. The van der Waals surface area contributed by atoms with Crippen molar-refractivity contribution in [2.45, 2.75) is 78.1 Å². The highest BCUT2D eigenvalue weighted by Gasteiger charge is 2.47. The summed E-state index contributed by atoms with van der Waals surface area (Å²) in [5.74, 6) is 0. The lowest BCUT2D eigenvalue weighted by Gasteiger charge is -2.35. The summed E-state index contributed by atoms with van der Waals surface area (Å²) >= 11 is 0. The van der Waals surface area contributed by atoms with Gasteiger partial charge in [0.25, 0.3) is 0 Å². The molecule has 0 saturated heterocycles. The van der Waals surface area contributed by atoms with E-state index in [0.717, 1.165) is 70.9 Å². The van der Waals surface area contributed by atoms with E-state index in [1.807, 2.05) is 0 Å². The molecule has 0 spiro atoms. The zero-order valence-electron chi connectivity index (χ0n) is 84.3. The molecule has 26 rings (SSSR count). The van der Waals surface area contributed by atoms with E-state index in [4.69, 9.17) is 0 Å². The van der Waals surface area contributed by atoms with Crippen LogP contribution in [0.25, 0.3) is 166 Å². The van der Waals surface area contributed by atoms with E-state index in [-0.39, 0.29) is 5.41 Å². The minimum Gasteiger partial charge on any atom is -0.310 e. The van der Waals surface area contributed by atoms with E-state index in [1.165, 1.54) is 211 Å². The van der Waals surface area contributed by atoms with Crippen molar-refractivity contribution < 1.29 is 0 Å². The lowest BCUT2D eigenvalue weighted by Crippen LogP contribution is -2.28. The Bertz CT molecular complexity index is 8930. The van der Waals surface area contributed by atoms with Gasteiger partial charge in [0.1, 0.15) is 0 Å². The van der Waals surface area contributed by atoms with E-state index >= 15 is 0 Å². The maximum Gasteiger partial charge on any atom is 0.0714 e. The van der Waals surface area contributed by atoms with Gasteiger partial charge in [0, 0.05) is 72.2 Å². The molecule has 4 heteroatoms. The van der Waals surface area contributed by atoms with Crippen LogP contribution in [0, 0.1) is 0 Å². The van der Waals surface area contributed by atoms with Crippen LogP contribution in [0.3, 0.4) is 0 Å². The van der Waals surface area contributed by atoms with Gasteiger partial charge in [-0.15, -0.1) is 0 Å². The van der Waals surface area contributed by atoms with Gasteiger partial charge in [-0.05, 0) is 315 Å². The lowest BCUT2D eigenvalue weighted by molar-refractivity contribution is 0.660. The van der Waals surface area contributed by atoms with E-state index in [2.05, 4.69) is 582 Å². The third-order valence-corrected chi connectivity index (χ3v) is 31.4. The summed E-state index contributed by atoms with van der Waals surface area (Å²) in [5, 5.41) is 5.30. The lowest BCUT2D eigenvalue weighted by atomic mass is 9.67. The first-order chi connectivity index (χ1) is 73.0. The first-order valence-electron chi connectivity index (χ1n) is 52.4. The summed E-state index contributed by atoms with van der Waals surface area (Å²) in [6, 6.07) is 194. The molecule has 0 atom stereocenters. The van der Waals surface area contributed by atoms with E-state index in [0.29, 0.717) is 0 Å². The molecule has 148 heavy (non-hydrogen) atoms. The van der Waals surface area contributed by atoms with Crippen LogP contribution in [0.4, 0.5) is 34.1 Å². The summed E-state index contributed by atoms with van der Waals surface area (Å²) in [7, 11) is 0.